The van der Waals surface area contributed by atoms with Crippen LogP contribution in [0.5, 0.6) is 0 Å². The summed E-state index contributed by atoms with van der Waals surface area (Å²) in [6.45, 7) is 4.00. The molecule has 1 rings (SSSR count). The van der Waals surface area contributed by atoms with Crippen molar-refractivity contribution in [1.29, 1.82) is 0 Å². The predicted molar refractivity (Wildman–Crippen MR) is 60.0 cm³/mol. The maximum atomic E-state index is 10.3. The summed E-state index contributed by atoms with van der Waals surface area (Å²) < 4.78 is 0. The molecule has 3 nitrogen and oxygen atoms in total. The minimum atomic E-state index is -0.987. The Bertz CT molecular complexity index is 400. The van der Waals surface area contributed by atoms with Crippen LogP contribution < -0.4 is 0 Å². The number of halogens is 1. The summed E-state index contributed by atoms with van der Waals surface area (Å²) in [6.07, 6.45) is 4.13. The van der Waals surface area contributed by atoms with Crippen molar-refractivity contribution in [3.05, 3.63) is 34.6 Å². The van der Waals surface area contributed by atoms with E-state index < -0.39 is 5.97 Å². The van der Waals surface area contributed by atoms with Gasteiger partial charge in [-0.05, 0) is 23.6 Å². The molecule has 15 heavy (non-hydrogen) atoms. The van der Waals surface area contributed by atoms with E-state index in [0.29, 0.717) is 10.6 Å². The Balaban J connectivity index is 2.96. The first kappa shape index (κ1) is 11.7. The average Bonchev–Trinajstić information content (AvgIpc) is 2.14. The highest BCUT2D eigenvalue weighted by Gasteiger charge is 2.06. The molecule has 0 aromatic carbocycles. The summed E-state index contributed by atoms with van der Waals surface area (Å²) in [6, 6.07) is 1.71. The van der Waals surface area contributed by atoms with Crippen molar-refractivity contribution in [2.24, 2.45) is 0 Å². The zero-order valence-electron chi connectivity index (χ0n) is 8.57. The molecule has 0 bridgehead atoms. The van der Waals surface area contributed by atoms with Crippen LogP contribution >= 0.6 is 11.6 Å². The second kappa shape index (κ2) is 4.94. The fourth-order valence-electron chi connectivity index (χ4n) is 1.15. The van der Waals surface area contributed by atoms with E-state index in [9.17, 15) is 4.79 Å². The van der Waals surface area contributed by atoms with E-state index in [2.05, 4.69) is 4.98 Å². The first-order chi connectivity index (χ1) is 7.00. The smallest absolute Gasteiger partial charge is 0.328 e. The van der Waals surface area contributed by atoms with E-state index in [-0.39, 0.29) is 5.92 Å². The van der Waals surface area contributed by atoms with E-state index in [1.54, 1.807) is 12.3 Å². The van der Waals surface area contributed by atoms with Crippen molar-refractivity contribution in [1.82, 2.24) is 4.98 Å². The van der Waals surface area contributed by atoms with Gasteiger partial charge in [-0.25, -0.2) is 4.79 Å². The molecule has 0 amide bonds. The van der Waals surface area contributed by atoms with Gasteiger partial charge in [0.2, 0.25) is 0 Å². The number of nitrogens with zero attached hydrogens (tertiary/aromatic N) is 1. The van der Waals surface area contributed by atoms with Crippen molar-refractivity contribution in [2.45, 2.75) is 19.8 Å². The molecule has 0 fully saturated rings. The van der Waals surface area contributed by atoms with Gasteiger partial charge in [0.15, 0.2) is 0 Å². The molecule has 4 heteroatoms. The van der Waals surface area contributed by atoms with Crippen molar-refractivity contribution in [3.8, 4) is 0 Å². The minimum Gasteiger partial charge on any atom is -0.478 e. The minimum absolute atomic E-state index is 0.259. The van der Waals surface area contributed by atoms with Gasteiger partial charge < -0.3 is 5.11 Å². The molecule has 0 unspecified atom stereocenters. The van der Waals surface area contributed by atoms with E-state index in [0.717, 1.165) is 11.8 Å². The fourth-order valence-corrected chi connectivity index (χ4v) is 1.54. The van der Waals surface area contributed by atoms with Crippen LogP contribution in [-0.2, 0) is 4.79 Å². The monoisotopic (exact) mass is 225 g/mol. The van der Waals surface area contributed by atoms with Crippen molar-refractivity contribution >= 4 is 23.6 Å². The lowest BCUT2D eigenvalue weighted by Gasteiger charge is -2.06. The number of aromatic nitrogens is 1. The second-order valence-corrected chi connectivity index (χ2v) is 3.87. The summed E-state index contributed by atoms with van der Waals surface area (Å²) in [5, 5.41) is 9.01. The number of carboxylic acids is 1. The fraction of sp³-hybridized carbons (Fsp3) is 0.273. The van der Waals surface area contributed by atoms with Crippen LogP contribution in [0.25, 0.3) is 6.08 Å². The molecule has 0 saturated carbocycles. The van der Waals surface area contributed by atoms with Crippen molar-refractivity contribution < 1.29 is 9.90 Å². The van der Waals surface area contributed by atoms with Gasteiger partial charge in [0.05, 0.1) is 10.7 Å². The van der Waals surface area contributed by atoms with Crippen LogP contribution in [0, 0.1) is 0 Å². The number of hydrogen-bond acceptors (Lipinski definition) is 2. The molecular formula is C11H12ClNO2. The molecule has 0 aliphatic carbocycles. The Morgan fingerprint density at radius 3 is 2.73 bits per heavy atom. The zero-order chi connectivity index (χ0) is 11.4. The number of rotatable bonds is 3. The number of pyridine rings is 1. The molecule has 0 radical (unpaired) electrons. The summed E-state index contributed by atoms with van der Waals surface area (Å²) >= 11 is 6.00. The molecule has 1 aromatic heterocycles. The standard InChI is InChI=1S/C11H12ClNO2/c1-7(2)11-9(12)5-8(6-13-11)3-4-10(14)15/h3-7H,1-2H3,(H,14,15)/b4-3+. The maximum Gasteiger partial charge on any atom is 0.328 e. The van der Waals surface area contributed by atoms with Gasteiger partial charge in [0, 0.05) is 12.3 Å². The molecular weight excluding hydrogens is 214 g/mol. The second-order valence-electron chi connectivity index (χ2n) is 3.46. The molecule has 0 spiro atoms. The predicted octanol–water partition coefficient (Wildman–Crippen LogP) is 2.96. The lowest BCUT2D eigenvalue weighted by atomic mass is 10.1. The van der Waals surface area contributed by atoms with Crippen LogP contribution in [0.3, 0.4) is 0 Å². The lowest BCUT2D eigenvalue weighted by molar-refractivity contribution is -0.131. The number of hydrogen-bond donors (Lipinski definition) is 1. The molecule has 1 heterocycles. The first-order valence-corrected chi connectivity index (χ1v) is 4.95. The van der Waals surface area contributed by atoms with Crippen LogP contribution in [0.2, 0.25) is 5.02 Å². The molecule has 0 aliphatic heterocycles. The Hall–Kier alpha value is -1.35. The van der Waals surface area contributed by atoms with E-state index in [4.69, 9.17) is 16.7 Å². The lowest BCUT2D eigenvalue weighted by Crippen LogP contribution is -1.94. The third-order valence-corrected chi connectivity index (χ3v) is 2.16. The Morgan fingerprint density at radius 1 is 1.60 bits per heavy atom. The summed E-state index contributed by atoms with van der Waals surface area (Å²) in [4.78, 5) is 14.5. The number of aliphatic carboxylic acids is 1. The zero-order valence-corrected chi connectivity index (χ0v) is 9.32. The Kier molecular flexibility index (Phi) is 3.86. The largest absolute Gasteiger partial charge is 0.478 e. The maximum absolute atomic E-state index is 10.3. The third-order valence-electron chi connectivity index (χ3n) is 1.86. The number of carboxylic acid groups (broad SMARTS) is 1. The first-order valence-electron chi connectivity index (χ1n) is 4.57. The summed E-state index contributed by atoms with van der Waals surface area (Å²) in [7, 11) is 0. The number of carbonyl (C=O) groups is 1. The van der Waals surface area contributed by atoms with Gasteiger partial charge in [-0.1, -0.05) is 25.4 Å². The van der Waals surface area contributed by atoms with Crippen molar-refractivity contribution in [3.63, 3.8) is 0 Å². The highest BCUT2D eigenvalue weighted by Crippen LogP contribution is 2.22. The van der Waals surface area contributed by atoms with Gasteiger partial charge >= 0.3 is 5.97 Å². The normalized spacial score (nSPS) is 11.2. The van der Waals surface area contributed by atoms with Crippen molar-refractivity contribution in [2.75, 3.05) is 0 Å². The highest BCUT2D eigenvalue weighted by atomic mass is 35.5. The van der Waals surface area contributed by atoms with E-state index >= 15 is 0 Å². The van der Waals surface area contributed by atoms with Gasteiger partial charge in [-0.15, -0.1) is 0 Å². The SMILES string of the molecule is CC(C)c1ncc(/C=C/C(=O)O)cc1Cl. The Morgan fingerprint density at radius 2 is 2.27 bits per heavy atom. The molecule has 0 aliphatic rings. The van der Waals surface area contributed by atoms with Gasteiger partial charge in [-0.2, -0.15) is 0 Å². The van der Waals surface area contributed by atoms with Crippen LogP contribution in [0.15, 0.2) is 18.3 Å². The Labute approximate surface area is 93.4 Å². The topological polar surface area (TPSA) is 50.2 Å². The van der Waals surface area contributed by atoms with Crippen LogP contribution in [0.1, 0.15) is 31.0 Å². The van der Waals surface area contributed by atoms with Gasteiger partial charge in [0.1, 0.15) is 0 Å². The van der Waals surface area contributed by atoms with E-state index in [1.165, 1.54) is 6.08 Å². The van der Waals surface area contributed by atoms with Gasteiger partial charge in [0.25, 0.3) is 0 Å². The quantitative estimate of drug-likeness (QED) is 0.805. The summed E-state index contributed by atoms with van der Waals surface area (Å²) in [5.41, 5.74) is 1.51. The van der Waals surface area contributed by atoms with Crippen LogP contribution in [0.4, 0.5) is 0 Å². The summed E-state index contributed by atoms with van der Waals surface area (Å²) in [5.74, 6) is -0.728. The molecule has 1 aromatic rings. The molecule has 0 atom stereocenters. The highest BCUT2D eigenvalue weighted by molar-refractivity contribution is 6.31. The third kappa shape index (κ3) is 3.36. The van der Waals surface area contributed by atoms with E-state index in [1.807, 2.05) is 13.8 Å². The molecule has 80 valence electrons. The van der Waals surface area contributed by atoms with Gasteiger partial charge in [-0.3, -0.25) is 4.98 Å². The molecule has 0 saturated heterocycles. The average molecular weight is 226 g/mol. The van der Waals surface area contributed by atoms with Crippen LogP contribution in [-0.4, -0.2) is 16.1 Å². The molecule has 1 N–H and O–H groups in total.